The summed E-state index contributed by atoms with van der Waals surface area (Å²) in [7, 11) is 0. The number of aliphatic carboxylic acids is 1. The Morgan fingerprint density at radius 2 is 1.92 bits per heavy atom. The molecule has 2 amide bonds. The minimum atomic E-state index is -1.09. The number of amides is 2. The zero-order valence-corrected chi connectivity index (χ0v) is 22.3. The maximum absolute atomic E-state index is 13.3. The van der Waals surface area contributed by atoms with Crippen LogP contribution in [0.4, 0.5) is 0 Å². The summed E-state index contributed by atoms with van der Waals surface area (Å²) in [5.74, 6) is -2.58. The molecule has 0 fully saturated rings. The highest BCUT2D eigenvalue weighted by Crippen LogP contribution is 2.20. The maximum atomic E-state index is 13.3. The average Bonchev–Trinajstić information content (AvgIpc) is 2.99. The number of aromatic nitrogens is 1. The fraction of sp³-hybridized carbons (Fsp3) is 0.400. The molecule has 208 valence electrons. The molecule has 3 rings (SSSR count). The molecule has 1 aliphatic heterocycles. The Kier molecular flexibility index (Phi) is 11.1. The Bertz CT molecular complexity index is 1240. The summed E-state index contributed by atoms with van der Waals surface area (Å²) in [6, 6.07) is 13.6. The molecule has 9 heteroatoms. The number of hydrogen-bond acceptors (Lipinski definition) is 5. The van der Waals surface area contributed by atoms with E-state index in [9.17, 15) is 29.4 Å². The highest BCUT2D eigenvalue weighted by atomic mass is 16.4. The minimum Gasteiger partial charge on any atom is -0.508 e. The Morgan fingerprint density at radius 1 is 1.13 bits per heavy atom. The third-order valence-corrected chi connectivity index (χ3v) is 6.75. The maximum Gasteiger partial charge on any atom is 0.304 e. The molecule has 39 heavy (non-hydrogen) atoms. The summed E-state index contributed by atoms with van der Waals surface area (Å²) < 4.78 is 1.89. The van der Waals surface area contributed by atoms with E-state index >= 15 is 0 Å². The van der Waals surface area contributed by atoms with E-state index in [1.54, 1.807) is 19.1 Å². The monoisotopic (exact) mass is 535 g/mol. The molecule has 0 saturated carbocycles. The van der Waals surface area contributed by atoms with Crippen LogP contribution < -0.4 is 10.6 Å². The van der Waals surface area contributed by atoms with E-state index in [2.05, 4.69) is 10.6 Å². The summed E-state index contributed by atoms with van der Waals surface area (Å²) in [5, 5.41) is 24.7. The predicted octanol–water partition coefficient (Wildman–Crippen LogP) is 3.25. The van der Waals surface area contributed by atoms with Crippen molar-refractivity contribution in [3.05, 3.63) is 77.6 Å². The van der Waals surface area contributed by atoms with Crippen LogP contribution in [0.5, 0.6) is 5.75 Å². The highest BCUT2D eigenvalue weighted by Gasteiger charge is 2.27. The van der Waals surface area contributed by atoms with Crippen molar-refractivity contribution in [2.75, 3.05) is 6.54 Å². The molecule has 1 unspecified atom stereocenters. The lowest BCUT2D eigenvalue weighted by Crippen LogP contribution is -2.50. The number of phenolic OH excluding ortho intramolecular Hbond substituents is 1. The fourth-order valence-corrected chi connectivity index (χ4v) is 4.55. The number of carbonyl (C=O) groups excluding carboxylic acids is 3. The molecule has 1 aromatic carbocycles. The van der Waals surface area contributed by atoms with E-state index in [0.717, 1.165) is 16.7 Å². The first-order chi connectivity index (χ1) is 18.7. The number of aryl methyl sites for hydroxylation is 3. The van der Waals surface area contributed by atoms with E-state index in [1.165, 1.54) is 0 Å². The van der Waals surface area contributed by atoms with Gasteiger partial charge in [0.1, 0.15) is 17.6 Å². The minimum absolute atomic E-state index is 0.0242. The van der Waals surface area contributed by atoms with E-state index in [0.29, 0.717) is 32.2 Å². The van der Waals surface area contributed by atoms with Crippen LogP contribution in [0.15, 0.2) is 60.9 Å². The molecular weight excluding hydrogens is 498 g/mol. The molecule has 0 saturated heterocycles. The van der Waals surface area contributed by atoms with Crippen LogP contribution >= 0.6 is 0 Å². The SMILES string of the molecule is Cc1cc(CCC[C@H](CC(=O)O)C(=O)NC2Cc3ccccccn(c3)CCC(=O)CCNC2=O)ccc1O. The predicted molar refractivity (Wildman–Crippen MR) is 146 cm³/mol. The molecule has 2 atom stereocenters. The van der Waals surface area contributed by atoms with Gasteiger partial charge in [-0.1, -0.05) is 36.4 Å². The molecule has 0 aliphatic carbocycles. The quantitative estimate of drug-likeness (QED) is 0.410. The number of carboxylic acids is 1. The number of benzene rings is 1. The fourth-order valence-electron chi connectivity index (χ4n) is 4.55. The van der Waals surface area contributed by atoms with Crippen LogP contribution in [0.3, 0.4) is 0 Å². The first kappa shape index (κ1) is 29.4. The summed E-state index contributed by atoms with van der Waals surface area (Å²) >= 11 is 0. The van der Waals surface area contributed by atoms with Crippen LogP contribution in [0.1, 0.15) is 48.8 Å². The van der Waals surface area contributed by atoms with Gasteiger partial charge in [-0.25, -0.2) is 0 Å². The summed E-state index contributed by atoms with van der Waals surface area (Å²) in [4.78, 5) is 50.2. The number of nitrogens with zero attached hydrogens (tertiary/aromatic N) is 1. The molecule has 4 N–H and O–H groups in total. The van der Waals surface area contributed by atoms with Gasteiger partial charge >= 0.3 is 5.97 Å². The molecule has 2 aromatic rings. The number of nitrogens with one attached hydrogen (secondary N) is 2. The first-order valence-electron chi connectivity index (χ1n) is 13.3. The van der Waals surface area contributed by atoms with Gasteiger partial charge in [-0.15, -0.1) is 0 Å². The normalized spacial score (nSPS) is 16.6. The molecule has 2 heterocycles. The molecule has 1 aliphatic rings. The Hall–Kier alpha value is -4.14. The second-order valence-corrected chi connectivity index (χ2v) is 9.93. The number of carboxylic acid groups (broad SMARTS) is 1. The molecule has 0 radical (unpaired) electrons. The van der Waals surface area contributed by atoms with Crippen molar-refractivity contribution in [2.45, 2.75) is 64.5 Å². The van der Waals surface area contributed by atoms with Gasteiger partial charge in [0.05, 0.1) is 6.42 Å². The molecule has 9 nitrogen and oxygen atoms in total. The Labute approximate surface area is 228 Å². The number of rotatable bonds is 8. The lowest BCUT2D eigenvalue weighted by molar-refractivity contribution is -0.141. The number of phenols is 1. The number of fused-ring (bicyclic) bond motifs is 2. The Balaban J connectivity index is 1.78. The molecule has 1 aromatic heterocycles. The lowest BCUT2D eigenvalue weighted by Gasteiger charge is -2.22. The van der Waals surface area contributed by atoms with Crippen LogP contribution in [0.2, 0.25) is 0 Å². The van der Waals surface area contributed by atoms with Gasteiger partial charge in [-0.2, -0.15) is 0 Å². The van der Waals surface area contributed by atoms with Gasteiger partial charge < -0.3 is 25.4 Å². The van der Waals surface area contributed by atoms with Crippen molar-refractivity contribution in [1.29, 1.82) is 0 Å². The van der Waals surface area contributed by atoms with Gasteiger partial charge in [0, 0.05) is 50.7 Å². The lowest BCUT2D eigenvalue weighted by atomic mass is 9.94. The molecular formula is C30H37N3O6. The van der Waals surface area contributed by atoms with Gasteiger partial charge in [0.15, 0.2) is 0 Å². The number of hydrogen-bond donors (Lipinski definition) is 4. The van der Waals surface area contributed by atoms with E-state index in [1.807, 2.05) is 53.4 Å². The van der Waals surface area contributed by atoms with E-state index in [4.69, 9.17) is 0 Å². The summed E-state index contributed by atoms with van der Waals surface area (Å²) in [6.45, 7) is 2.46. The van der Waals surface area contributed by atoms with Crippen LogP contribution in [-0.4, -0.2) is 50.9 Å². The van der Waals surface area contributed by atoms with Gasteiger partial charge in [-0.3, -0.25) is 19.2 Å². The number of carbonyl (C=O) groups is 4. The van der Waals surface area contributed by atoms with Crippen LogP contribution in [0.25, 0.3) is 0 Å². The third-order valence-electron chi connectivity index (χ3n) is 6.75. The van der Waals surface area contributed by atoms with Gasteiger partial charge in [0.2, 0.25) is 11.8 Å². The summed E-state index contributed by atoms with van der Waals surface area (Å²) in [5.41, 5.74) is 2.51. The van der Waals surface area contributed by atoms with Crippen LogP contribution in [0, 0.1) is 12.8 Å². The van der Waals surface area contributed by atoms with Crippen molar-refractivity contribution in [3.63, 3.8) is 0 Å². The van der Waals surface area contributed by atoms with Gasteiger partial charge in [-0.05, 0) is 55.0 Å². The van der Waals surface area contributed by atoms with Gasteiger partial charge in [0.25, 0.3) is 0 Å². The number of aromatic hydroxyl groups is 1. The Morgan fingerprint density at radius 3 is 2.69 bits per heavy atom. The van der Waals surface area contributed by atoms with E-state index < -0.39 is 29.7 Å². The first-order valence-corrected chi connectivity index (χ1v) is 13.3. The standard InChI is InChI=1S/C30H37N3O6/c1-21-17-22(10-11-27(21)35)8-6-9-24(19-28(36)37)29(38)32-26-18-23-7-4-2-3-5-15-33(20-23)16-13-25(34)12-14-31-30(26)39/h2-5,7,10-11,15,17,20,24,26,35H,6,8-9,12-14,16,18-19H2,1H3,(H,31,39)(H,32,38)(H,36,37)/t24-,26?/m1/s1. The van der Waals surface area contributed by atoms with Crippen molar-refractivity contribution in [2.24, 2.45) is 5.92 Å². The highest BCUT2D eigenvalue weighted by molar-refractivity contribution is 5.90. The van der Waals surface area contributed by atoms with Crippen molar-refractivity contribution in [3.8, 4) is 5.75 Å². The van der Waals surface area contributed by atoms with Crippen molar-refractivity contribution >= 4 is 23.6 Å². The zero-order chi connectivity index (χ0) is 28.2. The van der Waals surface area contributed by atoms with E-state index in [-0.39, 0.29) is 37.3 Å². The smallest absolute Gasteiger partial charge is 0.304 e. The number of ketones is 1. The second kappa shape index (κ2) is 14.7. The zero-order valence-electron chi connectivity index (χ0n) is 22.3. The average molecular weight is 536 g/mol. The topological polar surface area (TPSA) is 138 Å². The molecule has 2 bridgehead atoms. The number of Topliss-reactive ketones (excluding diaryl/α,β-unsaturated/α-hetero) is 1. The van der Waals surface area contributed by atoms with Crippen LogP contribution in [-0.2, 0) is 38.6 Å². The largest absolute Gasteiger partial charge is 0.508 e. The summed E-state index contributed by atoms with van der Waals surface area (Å²) in [6.07, 6.45) is 5.61. The van der Waals surface area contributed by atoms with Crippen molar-refractivity contribution < 1.29 is 29.4 Å². The third kappa shape index (κ3) is 9.92. The second-order valence-electron chi connectivity index (χ2n) is 9.93. The molecule has 0 spiro atoms. The van der Waals surface area contributed by atoms with Crippen molar-refractivity contribution in [1.82, 2.24) is 15.2 Å².